The first kappa shape index (κ1) is 33.3. The quantitative estimate of drug-likeness (QED) is 0.114. The van der Waals surface area contributed by atoms with Gasteiger partial charge < -0.3 is 45.0 Å². The number of aliphatic hydroxyl groups excluding tert-OH is 4. The summed E-state index contributed by atoms with van der Waals surface area (Å²) in [5.74, 6) is -3.32. The molecule has 1 amide bonds. The molecule has 168 valence electrons. The number of ether oxygens (including phenoxy) is 1. The molecule has 0 saturated carbocycles. The molecule has 0 aromatic carbocycles. The summed E-state index contributed by atoms with van der Waals surface area (Å²) in [7, 11) is 0. The van der Waals surface area contributed by atoms with Crippen LogP contribution in [0.25, 0.3) is 0 Å². The van der Waals surface area contributed by atoms with E-state index in [9.17, 15) is 45.0 Å². The van der Waals surface area contributed by atoms with Crippen LogP contribution < -0.4 is 69.3 Å². The summed E-state index contributed by atoms with van der Waals surface area (Å²) < 4.78 is 5.36. The fraction of sp³-hybridized carbons (Fsp3) is 0.824. The van der Waals surface area contributed by atoms with Crippen molar-refractivity contribution in [3.05, 3.63) is 0 Å². The van der Waals surface area contributed by atoms with E-state index in [0.717, 1.165) is 5.06 Å². The van der Waals surface area contributed by atoms with Crippen LogP contribution in [0.15, 0.2) is 0 Å². The molecule has 14 heteroatoms. The summed E-state index contributed by atoms with van der Waals surface area (Å²) >= 11 is 0. The monoisotopic (exact) mass is 467 g/mol. The molecule has 0 spiro atoms. The summed E-state index contributed by atoms with van der Waals surface area (Å²) in [6, 6.07) is 0. The van der Waals surface area contributed by atoms with Crippen molar-refractivity contribution in [2.24, 2.45) is 0 Å². The number of carboxylic acid groups (broad SMARTS) is 2. The molecule has 1 saturated heterocycles. The summed E-state index contributed by atoms with van der Waals surface area (Å²) in [6.07, 6.45) is -7.07. The topological polar surface area (TPSA) is 200 Å². The van der Waals surface area contributed by atoms with Gasteiger partial charge in [0.2, 0.25) is 5.91 Å². The van der Waals surface area contributed by atoms with Crippen LogP contribution in [0.4, 0.5) is 0 Å². The Morgan fingerprint density at radius 2 is 1.45 bits per heavy atom. The number of hydroxylamine groups is 2. The number of carboxylic acids is 2. The van der Waals surface area contributed by atoms with Crippen molar-refractivity contribution in [2.75, 3.05) is 19.8 Å². The summed E-state index contributed by atoms with van der Waals surface area (Å²) in [4.78, 5) is 38.3. The number of carbonyl (C=O) groups excluding carboxylic acids is 3. The second-order valence-corrected chi connectivity index (χ2v) is 6.69. The fourth-order valence-electron chi connectivity index (χ4n) is 2.84. The number of aliphatic hydroxyl groups is 4. The molecule has 1 aliphatic heterocycles. The van der Waals surface area contributed by atoms with Crippen molar-refractivity contribution in [2.45, 2.75) is 69.0 Å². The molecule has 1 aliphatic rings. The minimum Gasteiger partial charge on any atom is -0.550 e. The van der Waals surface area contributed by atoms with Gasteiger partial charge in [-0.3, -0.25) is 9.63 Å². The molecule has 0 radical (unpaired) electrons. The van der Waals surface area contributed by atoms with Crippen LogP contribution in [0.3, 0.4) is 0 Å². The molecule has 0 bridgehead atoms. The van der Waals surface area contributed by atoms with Crippen LogP contribution in [0.5, 0.6) is 0 Å². The molecule has 0 unspecified atom stereocenters. The van der Waals surface area contributed by atoms with E-state index < -0.39 is 61.4 Å². The molecular formula is C17H27NNa2O11. The predicted octanol–water partition coefficient (Wildman–Crippen LogP) is -10.6. The van der Waals surface area contributed by atoms with Crippen LogP contribution in [0, 0.1) is 0 Å². The van der Waals surface area contributed by atoms with Gasteiger partial charge in [0.25, 0.3) is 0 Å². The van der Waals surface area contributed by atoms with Crippen LogP contribution in [-0.2, 0) is 24.0 Å². The van der Waals surface area contributed by atoms with E-state index in [4.69, 9.17) is 9.57 Å². The average Bonchev–Trinajstić information content (AvgIpc) is 2.67. The maximum absolute atomic E-state index is 12.1. The molecule has 1 rings (SSSR count). The third-order valence-corrected chi connectivity index (χ3v) is 4.43. The van der Waals surface area contributed by atoms with Crippen LogP contribution in [0.2, 0.25) is 0 Å². The van der Waals surface area contributed by atoms with Gasteiger partial charge in [0.05, 0.1) is 19.3 Å². The molecule has 0 aliphatic carbocycles. The van der Waals surface area contributed by atoms with Crippen molar-refractivity contribution in [3.63, 3.8) is 0 Å². The smallest absolute Gasteiger partial charge is 0.550 e. The van der Waals surface area contributed by atoms with Gasteiger partial charge >= 0.3 is 59.1 Å². The molecule has 0 aromatic rings. The molecule has 4 N–H and O–H groups in total. The summed E-state index contributed by atoms with van der Waals surface area (Å²) in [6.45, 7) is -0.686. The Hall–Kier alpha value is 0.170. The molecule has 1 fully saturated rings. The van der Waals surface area contributed by atoms with Gasteiger partial charge in [-0.1, -0.05) is 0 Å². The molecule has 12 nitrogen and oxygen atoms in total. The number of rotatable bonds is 13. The van der Waals surface area contributed by atoms with Crippen molar-refractivity contribution in [1.82, 2.24) is 5.06 Å². The van der Waals surface area contributed by atoms with Gasteiger partial charge in [-0.2, -0.15) is 0 Å². The Balaban J connectivity index is 0. The number of amides is 1. The number of hydrogen-bond donors (Lipinski definition) is 4. The Bertz CT molecular complexity index is 552. The van der Waals surface area contributed by atoms with Gasteiger partial charge in [0, 0.05) is 24.9 Å². The van der Waals surface area contributed by atoms with E-state index >= 15 is 0 Å². The van der Waals surface area contributed by atoms with E-state index in [2.05, 4.69) is 0 Å². The van der Waals surface area contributed by atoms with Gasteiger partial charge in [-0.25, -0.2) is 5.06 Å². The first-order valence-electron chi connectivity index (χ1n) is 9.30. The standard InChI is InChI=1S/C17H29NO11.2Na/c19-9-11-16(26)17(27)15(25)10(29-11)3-1-7-18(12(20)5-6-14(23)24)28-8-2-4-13(21)22;;/h10-11,15-17,19,25-27H,1-9H2,(H,21,22)(H,23,24);;/q;2*+1/p-2/t10-,11-,15-,16-,17-;;/m1../s1. The largest absolute Gasteiger partial charge is 1.00 e. The molecular weight excluding hydrogens is 440 g/mol. The Labute approximate surface area is 224 Å². The normalized spacial score (nSPS) is 25.1. The number of hydrogen-bond acceptors (Lipinski definition) is 11. The maximum atomic E-state index is 12.1. The minimum absolute atomic E-state index is 0. The van der Waals surface area contributed by atoms with Gasteiger partial charge in [0.1, 0.15) is 24.4 Å². The van der Waals surface area contributed by atoms with E-state index in [-0.39, 0.29) is 104 Å². The summed E-state index contributed by atoms with van der Waals surface area (Å²) in [5, 5.41) is 60.6. The first-order valence-corrected chi connectivity index (χ1v) is 9.30. The Kier molecular flexibility index (Phi) is 19.0. The minimum atomic E-state index is -1.51. The fourth-order valence-corrected chi connectivity index (χ4v) is 2.84. The van der Waals surface area contributed by atoms with Crippen LogP contribution in [0.1, 0.15) is 38.5 Å². The van der Waals surface area contributed by atoms with Crippen molar-refractivity contribution in [1.29, 1.82) is 0 Å². The number of carbonyl (C=O) groups is 3. The first-order chi connectivity index (χ1) is 13.7. The zero-order valence-electron chi connectivity index (χ0n) is 17.8. The van der Waals surface area contributed by atoms with Gasteiger partial charge in [-0.05, 0) is 32.1 Å². The molecule has 5 atom stereocenters. The Morgan fingerprint density at radius 1 is 0.871 bits per heavy atom. The zero-order chi connectivity index (χ0) is 22.0. The van der Waals surface area contributed by atoms with E-state index in [1.807, 2.05) is 0 Å². The number of aliphatic carboxylic acids is 2. The van der Waals surface area contributed by atoms with E-state index in [1.165, 1.54) is 0 Å². The second kappa shape index (κ2) is 17.6. The Morgan fingerprint density at radius 3 is 2.00 bits per heavy atom. The third kappa shape index (κ3) is 12.3. The number of nitrogens with zero attached hydrogens (tertiary/aromatic N) is 1. The maximum Gasteiger partial charge on any atom is 1.00 e. The average molecular weight is 467 g/mol. The van der Waals surface area contributed by atoms with Crippen molar-refractivity contribution < 1.29 is 114 Å². The molecule has 31 heavy (non-hydrogen) atoms. The predicted molar refractivity (Wildman–Crippen MR) is 89.1 cm³/mol. The summed E-state index contributed by atoms with van der Waals surface area (Å²) in [5.41, 5.74) is 0. The third-order valence-electron chi connectivity index (χ3n) is 4.43. The van der Waals surface area contributed by atoms with Crippen LogP contribution >= 0.6 is 0 Å². The van der Waals surface area contributed by atoms with Crippen molar-refractivity contribution >= 4 is 17.8 Å². The molecule has 1 heterocycles. The second-order valence-electron chi connectivity index (χ2n) is 6.69. The van der Waals surface area contributed by atoms with Crippen LogP contribution in [-0.4, -0.2) is 93.6 Å². The zero-order valence-corrected chi connectivity index (χ0v) is 21.8. The van der Waals surface area contributed by atoms with Gasteiger partial charge in [0.15, 0.2) is 0 Å². The SMILES string of the molecule is O=C([O-])CCCON(CCC[C@H]1O[C@H](CO)[C@@H](O)[C@H](O)[C@@H]1O)C(=O)CCC(=O)[O-].[Na+].[Na+]. The molecule has 0 aromatic heterocycles. The van der Waals surface area contributed by atoms with E-state index in [0.29, 0.717) is 0 Å². The van der Waals surface area contributed by atoms with Gasteiger partial charge in [-0.15, -0.1) is 0 Å². The van der Waals surface area contributed by atoms with E-state index in [1.54, 1.807) is 0 Å². The van der Waals surface area contributed by atoms with Crippen molar-refractivity contribution in [3.8, 4) is 0 Å².